The molecule has 0 aromatic carbocycles. The molecule has 2 aliphatic carbocycles. The van der Waals surface area contributed by atoms with E-state index in [0.29, 0.717) is 0 Å². The predicted molar refractivity (Wildman–Crippen MR) is 73.3 cm³/mol. The molecule has 2 aliphatic rings. The van der Waals surface area contributed by atoms with Crippen molar-refractivity contribution in [1.82, 2.24) is 0 Å². The van der Waals surface area contributed by atoms with Crippen LogP contribution in [0.15, 0.2) is 0 Å². The summed E-state index contributed by atoms with van der Waals surface area (Å²) in [4.78, 5) is 12.3. The van der Waals surface area contributed by atoms with E-state index in [0.717, 1.165) is 31.1 Å². The van der Waals surface area contributed by atoms with Crippen LogP contribution in [0.3, 0.4) is 0 Å². The zero-order valence-corrected chi connectivity index (χ0v) is 12.4. The maximum absolute atomic E-state index is 12.3. The minimum Gasteiger partial charge on any atom is -0.459 e. The lowest BCUT2D eigenvalue weighted by molar-refractivity contribution is -0.177. The van der Waals surface area contributed by atoms with Gasteiger partial charge in [-0.2, -0.15) is 0 Å². The second kappa shape index (κ2) is 4.86. The highest BCUT2D eigenvalue weighted by Gasteiger charge is 2.43. The Morgan fingerprint density at radius 3 is 2.33 bits per heavy atom. The molecule has 2 saturated carbocycles. The SMILES string of the molecule is CCC(C)(C)C(=O)OC1(C)CC2CCCC(C2)C1. The Labute approximate surface area is 111 Å². The second-order valence-corrected chi connectivity index (χ2v) is 7.38. The summed E-state index contributed by atoms with van der Waals surface area (Å²) in [6.07, 6.45) is 8.41. The molecule has 2 nitrogen and oxygen atoms in total. The van der Waals surface area contributed by atoms with Gasteiger partial charge in [-0.25, -0.2) is 0 Å². The molecule has 0 radical (unpaired) electrons. The van der Waals surface area contributed by atoms with Gasteiger partial charge in [0.1, 0.15) is 5.60 Å². The van der Waals surface area contributed by atoms with E-state index in [9.17, 15) is 4.79 Å². The first-order valence-electron chi connectivity index (χ1n) is 7.58. The fraction of sp³-hybridized carbons (Fsp3) is 0.938. The molecular weight excluding hydrogens is 224 g/mol. The summed E-state index contributed by atoms with van der Waals surface area (Å²) in [5.41, 5.74) is -0.535. The van der Waals surface area contributed by atoms with Crippen molar-refractivity contribution in [3.05, 3.63) is 0 Å². The highest BCUT2D eigenvalue weighted by molar-refractivity contribution is 5.76. The molecule has 2 bridgehead atoms. The summed E-state index contributed by atoms with van der Waals surface area (Å²) in [5, 5.41) is 0. The molecule has 0 N–H and O–H groups in total. The number of carbonyl (C=O) groups excluding carboxylic acids is 1. The molecule has 104 valence electrons. The summed E-state index contributed by atoms with van der Waals surface area (Å²) >= 11 is 0. The molecule has 2 rings (SSSR count). The lowest BCUT2D eigenvalue weighted by atomic mass is 9.66. The van der Waals surface area contributed by atoms with Crippen molar-refractivity contribution in [2.75, 3.05) is 0 Å². The van der Waals surface area contributed by atoms with Gasteiger partial charge in [-0.3, -0.25) is 4.79 Å². The fourth-order valence-corrected chi connectivity index (χ4v) is 3.67. The topological polar surface area (TPSA) is 26.3 Å². The van der Waals surface area contributed by atoms with E-state index >= 15 is 0 Å². The number of carbonyl (C=O) groups is 1. The van der Waals surface area contributed by atoms with E-state index in [1.807, 2.05) is 13.8 Å². The quantitative estimate of drug-likeness (QED) is 0.699. The molecule has 0 aromatic heterocycles. The van der Waals surface area contributed by atoms with Crippen LogP contribution in [-0.2, 0) is 9.53 Å². The van der Waals surface area contributed by atoms with Gasteiger partial charge in [0.05, 0.1) is 5.41 Å². The smallest absolute Gasteiger partial charge is 0.312 e. The highest BCUT2D eigenvalue weighted by atomic mass is 16.6. The zero-order chi connectivity index (χ0) is 13.4. The van der Waals surface area contributed by atoms with E-state index in [1.54, 1.807) is 0 Å². The first-order chi connectivity index (χ1) is 8.35. The minimum absolute atomic E-state index is 0.00697. The first kappa shape index (κ1) is 13.9. The van der Waals surface area contributed by atoms with Crippen LogP contribution in [0, 0.1) is 17.3 Å². The molecule has 0 amide bonds. The molecule has 2 heteroatoms. The number of ether oxygens (including phenoxy) is 1. The van der Waals surface area contributed by atoms with Gasteiger partial charge in [-0.15, -0.1) is 0 Å². The Hall–Kier alpha value is -0.530. The standard InChI is InChI=1S/C16H28O2/c1-5-15(2,3)14(17)18-16(4)10-12-7-6-8-13(9-12)11-16/h12-13H,5-11H2,1-4H3. The molecule has 0 heterocycles. The van der Waals surface area contributed by atoms with Crippen molar-refractivity contribution < 1.29 is 9.53 Å². The third-order valence-corrected chi connectivity index (χ3v) is 5.11. The number of rotatable bonds is 3. The lowest BCUT2D eigenvalue weighted by Crippen LogP contribution is -2.44. The average molecular weight is 252 g/mol. The lowest BCUT2D eigenvalue weighted by Gasteiger charge is -2.45. The summed E-state index contributed by atoms with van der Waals surface area (Å²) < 4.78 is 5.93. The van der Waals surface area contributed by atoms with Crippen LogP contribution in [0.1, 0.15) is 72.6 Å². The molecule has 0 saturated heterocycles. The maximum Gasteiger partial charge on any atom is 0.312 e. The molecule has 0 aromatic rings. The largest absolute Gasteiger partial charge is 0.459 e. The van der Waals surface area contributed by atoms with Gasteiger partial charge in [0.2, 0.25) is 0 Å². The second-order valence-electron chi connectivity index (χ2n) is 7.38. The van der Waals surface area contributed by atoms with Gasteiger partial charge < -0.3 is 4.74 Å². The van der Waals surface area contributed by atoms with E-state index in [2.05, 4.69) is 13.8 Å². The third kappa shape index (κ3) is 2.89. The van der Waals surface area contributed by atoms with E-state index in [4.69, 9.17) is 4.74 Å². The first-order valence-corrected chi connectivity index (χ1v) is 7.58. The van der Waals surface area contributed by atoms with Gasteiger partial charge in [-0.05, 0) is 58.3 Å². The van der Waals surface area contributed by atoms with Crippen LogP contribution >= 0.6 is 0 Å². The summed E-state index contributed by atoms with van der Waals surface area (Å²) in [6, 6.07) is 0. The Kier molecular flexibility index (Phi) is 3.75. The van der Waals surface area contributed by atoms with Crippen molar-refractivity contribution >= 4 is 5.97 Å². The normalized spacial score (nSPS) is 36.2. The maximum atomic E-state index is 12.3. The Morgan fingerprint density at radius 1 is 1.28 bits per heavy atom. The fourth-order valence-electron chi connectivity index (χ4n) is 3.67. The van der Waals surface area contributed by atoms with Crippen LogP contribution in [0.2, 0.25) is 0 Å². The molecule has 2 fully saturated rings. The third-order valence-electron chi connectivity index (χ3n) is 5.11. The molecule has 2 atom stereocenters. The molecule has 0 aliphatic heterocycles. The van der Waals surface area contributed by atoms with E-state index < -0.39 is 0 Å². The van der Waals surface area contributed by atoms with Crippen molar-refractivity contribution in [2.45, 2.75) is 78.2 Å². The number of hydrogen-bond acceptors (Lipinski definition) is 2. The van der Waals surface area contributed by atoms with Crippen molar-refractivity contribution in [3.8, 4) is 0 Å². The summed E-state index contributed by atoms with van der Waals surface area (Å²) in [5.74, 6) is 1.58. The van der Waals surface area contributed by atoms with Crippen molar-refractivity contribution in [1.29, 1.82) is 0 Å². The van der Waals surface area contributed by atoms with Gasteiger partial charge in [0.15, 0.2) is 0 Å². The van der Waals surface area contributed by atoms with Crippen molar-refractivity contribution in [3.63, 3.8) is 0 Å². The number of hydrogen-bond donors (Lipinski definition) is 0. The molecule has 2 unspecified atom stereocenters. The molecule has 18 heavy (non-hydrogen) atoms. The zero-order valence-electron chi connectivity index (χ0n) is 12.4. The van der Waals surface area contributed by atoms with Crippen LogP contribution < -0.4 is 0 Å². The number of esters is 1. The van der Waals surface area contributed by atoms with Crippen LogP contribution in [-0.4, -0.2) is 11.6 Å². The molecule has 0 spiro atoms. The Morgan fingerprint density at radius 2 is 1.83 bits per heavy atom. The summed E-state index contributed by atoms with van der Waals surface area (Å²) in [7, 11) is 0. The predicted octanol–water partition coefficient (Wildman–Crippen LogP) is 4.32. The Bertz CT molecular complexity index is 307. The van der Waals surface area contributed by atoms with Crippen LogP contribution in [0.5, 0.6) is 0 Å². The van der Waals surface area contributed by atoms with Gasteiger partial charge >= 0.3 is 5.97 Å². The van der Waals surface area contributed by atoms with Crippen molar-refractivity contribution in [2.24, 2.45) is 17.3 Å². The Balaban J connectivity index is 2.01. The van der Waals surface area contributed by atoms with E-state index in [-0.39, 0.29) is 17.0 Å². The van der Waals surface area contributed by atoms with E-state index in [1.165, 1.54) is 25.7 Å². The van der Waals surface area contributed by atoms with Crippen LogP contribution in [0.4, 0.5) is 0 Å². The van der Waals surface area contributed by atoms with Gasteiger partial charge in [0.25, 0.3) is 0 Å². The van der Waals surface area contributed by atoms with Gasteiger partial charge in [0, 0.05) is 0 Å². The highest BCUT2D eigenvalue weighted by Crippen LogP contribution is 2.46. The van der Waals surface area contributed by atoms with Gasteiger partial charge in [-0.1, -0.05) is 26.2 Å². The van der Waals surface area contributed by atoms with Crippen LogP contribution in [0.25, 0.3) is 0 Å². The summed E-state index contributed by atoms with van der Waals surface area (Å²) in [6.45, 7) is 8.19. The monoisotopic (exact) mass is 252 g/mol. The average Bonchev–Trinajstić information content (AvgIpc) is 2.27. The molecular formula is C16H28O2. The number of fused-ring (bicyclic) bond motifs is 2. The minimum atomic E-state index is -0.338.